The van der Waals surface area contributed by atoms with E-state index in [4.69, 9.17) is 28.5 Å². The maximum Gasteiger partial charge on any atom is 0.324 e. The summed E-state index contributed by atoms with van der Waals surface area (Å²) in [6.07, 6.45) is 0.225. The van der Waals surface area contributed by atoms with Crippen LogP contribution in [0.4, 0.5) is 15.5 Å². The molecule has 2 aromatic rings. The molecule has 1 aliphatic rings. The second kappa shape index (κ2) is 10.00. The van der Waals surface area contributed by atoms with Gasteiger partial charge in [0.1, 0.15) is 11.1 Å². The number of hydrogen-bond donors (Lipinski definition) is 3. The highest BCUT2D eigenvalue weighted by Gasteiger charge is 2.28. The van der Waals surface area contributed by atoms with Crippen molar-refractivity contribution in [3.63, 3.8) is 0 Å². The molecule has 174 valence electrons. The zero-order valence-corrected chi connectivity index (χ0v) is 20.7. The first-order valence-corrected chi connectivity index (χ1v) is 11.7. The van der Waals surface area contributed by atoms with Crippen molar-refractivity contribution < 1.29 is 14.4 Å². The molecular formula is C22H23Cl2N5O3S. The molecule has 1 saturated heterocycles. The second-order valence-corrected chi connectivity index (χ2v) is 10.3. The summed E-state index contributed by atoms with van der Waals surface area (Å²) in [6.45, 7) is 7.12. The highest BCUT2D eigenvalue weighted by Crippen LogP contribution is 2.37. The predicted octanol–water partition coefficient (Wildman–Crippen LogP) is 4.83. The number of nitriles is 1. The first kappa shape index (κ1) is 24.8. The maximum absolute atomic E-state index is 13.3. The largest absolute Gasteiger partial charge is 0.354 e. The van der Waals surface area contributed by atoms with Crippen LogP contribution in [-0.4, -0.2) is 42.4 Å². The molecule has 3 rings (SSSR count). The maximum atomic E-state index is 13.3. The Bertz CT molecular complexity index is 1150. The number of benzene rings is 1. The summed E-state index contributed by atoms with van der Waals surface area (Å²) in [5.41, 5.74) is 0.546. The van der Waals surface area contributed by atoms with Gasteiger partial charge < -0.3 is 15.5 Å². The molecule has 2 heterocycles. The van der Waals surface area contributed by atoms with Crippen LogP contribution in [0, 0.1) is 11.3 Å². The summed E-state index contributed by atoms with van der Waals surface area (Å²) in [6, 6.07) is 6.03. The Kier molecular flexibility index (Phi) is 7.52. The molecule has 0 aliphatic carbocycles. The third-order valence-corrected chi connectivity index (χ3v) is 7.34. The lowest BCUT2D eigenvalue weighted by atomic mass is 9.94. The minimum Gasteiger partial charge on any atom is -0.354 e. The van der Waals surface area contributed by atoms with Crippen LogP contribution in [0.25, 0.3) is 0 Å². The van der Waals surface area contributed by atoms with Crippen LogP contribution in [0.1, 0.15) is 48.0 Å². The Morgan fingerprint density at radius 2 is 1.91 bits per heavy atom. The minimum absolute atomic E-state index is 0.0447. The monoisotopic (exact) mass is 507 g/mol. The van der Waals surface area contributed by atoms with Crippen LogP contribution in [0.15, 0.2) is 18.2 Å². The fourth-order valence-corrected chi connectivity index (χ4v) is 4.66. The molecular weight excluding hydrogens is 485 g/mol. The lowest BCUT2D eigenvalue weighted by Crippen LogP contribution is -2.34. The lowest BCUT2D eigenvalue weighted by molar-refractivity contribution is -0.120. The summed E-state index contributed by atoms with van der Waals surface area (Å²) in [4.78, 5) is 40.2. The van der Waals surface area contributed by atoms with Crippen molar-refractivity contribution in [1.82, 2.24) is 10.2 Å². The molecule has 4 amide bonds. The number of anilines is 2. The zero-order valence-electron chi connectivity index (χ0n) is 18.3. The molecule has 1 fully saturated rings. The zero-order chi connectivity index (χ0) is 24.3. The van der Waals surface area contributed by atoms with E-state index in [9.17, 15) is 14.4 Å². The van der Waals surface area contributed by atoms with Gasteiger partial charge in [-0.3, -0.25) is 14.9 Å². The van der Waals surface area contributed by atoms with Crippen LogP contribution >= 0.6 is 34.5 Å². The molecule has 0 bridgehead atoms. The standard InChI is InChI=1S/C22H23Cl2N5O3S/c1-22(2,3)15-10-13(20(31)29-8-6-16(30)26-7-9-29)19(33-15)28-21(32)27-14-5-4-12(11-25)17(23)18(14)24/h4-5,10H,6-9H2,1-3H3,(H,26,30)(H2,27,28,32). The smallest absolute Gasteiger partial charge is 0.324 e. The molecule has 0 unspecified atom stereocenters. The number of rotatable bonds is 3. The van der Waals surface area contributed by atoms with Crippen LogP contribution in [-0.2, 0) is 10.2 Å². The van der Waals surface area contributed by atoms with Gasteiger partial charge in [-0.1, -0.05) is 44.0 Å². The number of nitrogens with one attached hydrogen (secondary N) is 3. The van der Waals surface area contributed by atoms with Gasteiger partial charge in [-0.25, -0.2) is 4.79 Å². The van der Waals surface area contributed by atoms with Crippen molar-refractivity contribution in [2.75, 3.05) is 30.3 Å². The SMILES string of the molecule is CC(C)(C)c1cc(C(=O)N2CCNC(=O)CC2)c(NC(=O)Nc2ccc(C#N)c(Cl)c2Cl)s1. The van der Waals surface area contributed by atoms with Crippen molar-refractivity contribution in [1.29, 1.82) is 5.26 Å². The molecule has 1 aromatic carbocycles. The molecule has 3 N–H and O–H groups in total. The molecule has 0 radical (unpaired) electrons. The van der Waals surface area contributed by atoms with E-state index >= 15 is 0 Å². The van der Waals surface area contributed by atoms with E-state index in [-0.39, 0.29) is 44.9 Å². The molecule has 33 heavy (non-hydrogen) atoms. The van der Waals surface area contributed by atoms with Gasteiger partial charge in [-0.2, -0.15) is 5.26 Å². The molecule has 1 aromatic heterocycles. The third kappa shape index (κ3) is 5.77. The topological polar surface area (TPSA) is 114 Å². The lowest BCUT2D eigenvalue weighted by Gasteiger charge is -2.20. The van der Waals surface area contributed by atoms with Gasteiger partial charge in [0.25, 0.3) is 5.91 Å². The van der Waals surface area contributed by atoms with E-state index < -0.39 is 6.03 Å². The molecule has 1 aliphatic heterocycles. The molecule has 8 nitrogen and oxygen atoms in total. The summed E-state index contributed by atoms with van der Waals surface area (Å²) in [5, 5.41) is 17.6. The van der Waals surface area contributed by atoms with Gasteiger partial charge in [0.15, 0.2) is 0 Å². The van der Waals surface area contributed by atoms with Gasteiger partial charge in [0.05, 0.1) is 26.9 Å². The first-order valence-electron chi connectivity index (χ1n) is 10.2. The number of amides is 4. The van der Waals surface area contributed by atoms with Gasteiger partial charge in [-0.05, 0) is 23.6 Å². The second-order valence-electron chi connectivity index (χ2n) is 8.48. The van der Waals surface area contributed by atoms with Crippen molar-refractivity contribution in [2.45, 2.75) is 32.6 Å². The van der Waals surface area contributed by atoms with Crippen molar-refractivity contribution in [3.05, 3.63) is 44.2 Å². The molecule has 0 atom stereocenters. The Hall–Kier alpha value is -2.80. The Labute approximate surface area is 205 Å². The summed E-state index contributed by atoms with van der Waals surface area (Å²) in [7, 11) is 0. The number of carbonyl (C=O) groups excluding carboxylic acids is 3. The summed E-state index contributed by atoms with van der Waals surface area (Å²) in [5.74, 6) is -0.352. The van der Waals surface area contributed by atoms with E-state index in [1.54, 1.807) is 11.0 Å². The highest BCUT2D eigenvalue weighted by molar-refractivity contribution is 7.16. The van der Waals surface area contributed by atoms with E-state index in [0.717, 1.165) is 4.88 Å². The summed E-state index contributed by atoms with van der Waals surface area (Å²) < 4.78 is 0. The third-order valence-electron chi connectivity index (χ3n) is 4.98. The molecule has 11 heteroatoms. The van der Waals surface area contributed by atoms with Crippen molar-refractivity contribution in [2.24, 2.45) is 0 Å². The van der Waals surface area contributed by atoms with Crippen molar-refractivity contribution >= 4 is 63.1 Å². The van der Waals surface area contributed by atoms with E-state index in [0.29, 0.717) is 30.2 Å². The number of halogens is 2. The quantitative estimate of drug-likeness (QED) is 0.551. The number of urea groups is 1. The average molecular weight is 508 g/mol. The normalized spacial score (nSPS) is 14.2. The minimum atomic E-state index is -0.609. The van der Waals surface area contributed by atoms with Crippen LogP contribution in [0.2, 0.25) is 10.0 Å². The van der Waals surface area contributed by atoms with E-state index in [2.05, 4.69) is 16.0 Å². The van der Waals surface area contributed by atoms with Gasteiger partial charge in [0.2, 0.25) is 5.91 Å². The fourth-order valence-electron chi connectivity index (χ4n) is 3.14. The van der Waals surface area contributed by atoms with Crippen LogP contribution in [0.5, 0.6) is 0 Å². The number of nitrogens with zero attached hydrogens (tertiary/aromatic N) is 2. The molecule has 0 spiro atoms. The first-order chi connectivity index (χ1) is 15.5. The van der Waals surface area contributed by atoms with E-state index in [1.165, 1.54) is 23.5 Å². The van der Waals surface area contributed by atoms with Crippen LogP contribution < -0.4 is 16.0 Å². The van der Waals surface area contributed by atoms with Crippen molar-refractivity contribution in [3.8, 4) is 6.07 Å². The Morgan fingerprint density at radius 3 is 2.58 bits per heavy atom. The van der Waals surface area contributed by atoms with Gasteiger partial charge >= 0.3 is 6.03 Å². The fraction of sp³-hybridized carbons (Fsp3) is 0.364. The number of thiophene rings is 1. The molecule has 0 saturated carbocycles. The Morgan fingerprint density at radius 1 is 1.18 bits per heavy atom. The van der Waals surface area contributed by atoms with Gasteiger partial charge in [-0.15, -0.1) is 11.3 Å². The Balaban J connectivity index is 1.86. The summed E-state index contributed by atoms with van der Waals surface area (Å²) >= 11 is 13.6. The van der Waals surface area contributed by atoms with E-state index in [1.807, 2.05) is 26.8 Å². The predicted molar refractivity (Wildman–Crippen MR) is 130 cm³/mol. The number of carbonyl (C=O) groups is 3. The van der Waals surface area contributed by atoms with Gasteiger partial charge in [0, 0.05) is 30.9 Å². The number of hydrogen-bond acceptors (Lipinski definition) is 5. The average Bonchev–Trinajstić information content (AvgIpc) is 3.05. The highest BCUT2D eigenvalue weighted by atomic mass is 35.5. The van der Waals surface area contributed by atoms with Crippen LogP contribution in [0.3, 0.4) is 0 Å².